The molecule has 0 atom stereocenters. The fraction of sp³-hybridized carbons (Fsp3) is 0.667. The highest BCUT2D eigenvalue weighted by molar-refractivity contribution is 9.10. The Morgan fingerprint density at radius 1 is 1.44 bits per heavy atom. The molecule has 1 aliphatic heterocycles. The summed E-state index contributed by atoms with van der Waals surface area (Å²) in [6.07, 6.45) is 4.01. The Bertz CT molecular complexity index is 403. The number of hydrogen-bond acceptors (Lipinski definition) is 5. The van der Waals surface area contributed by atoms with Gasteiger partial charge >= 0.3 is 0 Å². The number of nitrogen functional groups attached to an aromatic ring is 1. The van der Waals surface area contributed by atoms with Gasteiger partial charge < -0.3 is 15.5 Å². The van der Waals surface area contributed by atoms with Crippen molar-refractivity contribution < 1.29 is 0 Å². The highest BCUT2D eigenvalue weighted by atomic mass is 79.9. The first-order valence-electron chi connectivity index (χ1n) is 6.23. The van der Waals surface area contributed by atoms with Crippen LogP contribution >= 0.6 is 15.9 Å². The number of rotatable bonds is 3. The molecule has 1 aliphatic rings. The SMILES string of the molecule is CN1CCC(CN(C)c2ncnc(N)c2Br)CC1. The third-order valence-corrected chi connectivity index (χ3v) is 4.29. The predicted octanol–water partition coefficient (Wildman–Crippen LogP) is 1.60. The molecule has 0 bridgehead atoms. The molecule has 1 aromatic rings. The summed E-state index contributed by atoms with van der Waals surface area (Å²) in [5, 5.41) is 0. The summed E-state index contributed by atoms with van der Waals surface area (Å²) in [6, 6.07) is 0. The molecule has 0 aliphatic carbocycles. The largest absolute Gasteiger partial charge is 0.383 e. The van der Waals surface area contributed by atoms with Crippen molar-refractivity contribution in [1.29, 1.82) is 0 Å². The maximum atomic E-state index is 5.78. The van der Waals surface area contributed by atoms with Crippen molar-refractivity contribution in [2.75, 3.05) is 44.4 Å². The normalized spacial score (nSPS) is 17.9. The molecule has 0 saturated carbocycles. The third kappa shape index (κ3) is 3.11. The molecule has 18 heavy (non-hydrogen) atoms. The van der Waals surface area contributed by atoms with Gasteiger partial charge in [0.15, 0.2) is 0 Å². The van der Waals surface area contributed by atoms with Crippen molar-refractivity contribution in [2.24, 2.45) is 5.92 Å². The van der Waals surface area contributed by atoms with E-state index < -0.39 is 0 Å². The molecule has 1 aromatic heterocycles. The van der Waals surface area contributed by atoms with Gasteiger partial charge in [0.2, 0.25) is 0 Å². The van der Waals surface area contributed by atoms with Gasteiger partial charge in [0.05, 0.1) is 0 Å². The zero-order valence-corrected chi connectivity index (χ0v) is 12.5. The van der Waals surface area contributed by atoms with Crippen molar-refractivity contribution >= 4 is 27.6 Å². The molecule has 2 heterocycles. The molecular formula is C12H20BrN5. The van der Waals surface area contributed by atoms with Crippen LogP contribution in [0.1, 0.15) is 12.8 Å². The molecule has 1 saturated heterocycles. The zero-order chi connectivity index (χ0) is 13.1. The highest BCUT2D eigenvalue weighted by Gasteiger charge is 2.20. The molecule has 1 fully saturated rings. The summed E-state index contributed by atoms with van der Waals surface area (Å²) in [4.78, 5) is 12.8. The van der Waals surface area contributed by atoms with Gasteiger partial charge in [0.1, 0.15) is 22.4 Å². The minimum atomic E-state index is 0.496. The molecule has 0 radical (unpaired) electrons. The van der Waals surface area contributed by atoms with E-state index in [0.717, 1.165) is 22.8 Å². The molecular weight excluding hydrogens is 294 g/mol. The van der Waals surface area contributed by atoms with Crippen LogP contribution in [-0.4, -0.2) is 48.6 Å². The van der Waals surface area contributed by atoms with Crippen LogP contribution in [0.15, 0.2) is 10.8 Å². The lowest BCUT2D eigenvalue weighted by atomic mass is 9.97. The van der Waals surface area contributed by atoms with Gasteiger partial charge in [0, 0.05) is 13.6 Å². The van der Waals surface area contributed by atoms with Gasteiger partial charge in [-0.05, 0) is 54.8 Å². The quantitative estimate of drug-likeness (QED) is 0.918. The van der Waals surface area contributed by atoms with Crippen molar-refractivity contribution in [3.63, 3.8) is 0 Å². The van der Waals surface area contributed by atoms with Crippen molar-refractivity contribution in [3.05, 3.63) is 10.8 Å². The lowest BCUT2D eigenvalue weighted by Gasteiger charge is -2.32. The smallest absolute Gasteiger partial charge is 0.148 e. The lowest BCUT2D eigenvalue weighted by molar-refractivity contribution is 0.222. The van der Waals surface area contributed by atoms with Gasteiger partial charge in [-0.2, -0.15) is 0 Å². The molecule has 0 unspecified atom stereocenters. The van der Waals surface area contributed by atoms with Crippen molar-refractivity contribution in [3.8, 4) is 0 Å². The number of nitrogens with zero attached hydrogens (tertiary/aromatic N) is 4. The summed E-state index contributed by atoms with van der Waals surface area (Å²) < 4.78 is 0.792. The summed E-state index contributed by atoms with van der Waals surface area (Å²) in [7, 11) is 4.24. The zero-order valence-electron chi connectivity index (χ0n) is 10.9. The Labute approximate surface area is 117 Å². The topological polar surface area (TPSA) is 58.3 Å². The van der Waals surface area contributed by atoms with Gasteiger partial charge in [0.25, 0.3) is 0 Å². The minimum Gasteiger partial charge on any atom is -0.383 e. The van der Waals surface area contributed by atoms with E-state index in [-0.39, 0.29) is 0 Å². The Morgan fingerprint density at radius 3 is 2.78 bits per heavy atom. The second kappa shape index (κ2) is 5.84. The average Bonchev–Trinajstić information content (AvgIpc) is 2.35. The molecule has 0 spiro atoms. The van der Waals surface area contributed by atoms with Crippen LogP contribution in [0.2, 0.25) is 0 Å². The van der Waals surface area contributed by atoms with Crippen molar-refractivity contribution in [2.45, 2.75) is 12.8 Å². The van der Waals surface area contributed by atoms with E-state index in [0.29, 0.717) is 5.82 Å². The summed E-state index contributed by atoms with van der Waals surface area (Å²) in [5.74, 6) is 2.10. The minimum absolute atomic E-state index is 0.496. The molecule has 100 valence electrons. The van der Waals surface area contributed by atoms with Gasteiger partial charge in [-0.15, -0.1) is 0 Å². The Hall–Kier alpha value is -0.880. The average molecular weight is 314 g/mol. The van der Waals surface area contributed by atoms with E-state index in [2.05, 4.69) is 49.8 Å². The van der Waals surface area contributed by atoms with E-state index in [9.17, 15) is 0 Å². The maximum Gasteiger partial charge on any atom is 0.148 e. The summed E-state index contributed by atoms with van der Waals surface area (Å²) in [5.41, 5.74) is 5.78. The first kappa shape index (κ1) is 13.5. The van der Waals surface area contributed by atoms with E-state index in [4.69, 9.17) is 5.73 Å². The van der Waals surface area contributed by atoms with Crippen LogP contribution in [0.25, 0.3) is 0 Å². The number of likely N-dealkylation sites (tertiary alicyclic amines) is 1. The maximum absolute atomic E-state index is 5.78. The van der Waals surface area contributed by atoms with Crippen molar-refractivity contribution in [1.82, 2.24) is 14.9 Å². The van der Waals surface area contributed by atoms with Crippen LogP contribution in [-0.2, 0) is 0 Å². The number of halogens is 1. The Kier molecular flexibility index (Phi) is 4.40. The molecule has 0 aromatic carbocycles. The van der Waals surface area contributed by atoms with Crippen LogP contribution in [0, 0.1) is 5.92 Å². The summed E-state index contributed by atoms with van der Waals surface area (Å²) in [6.45, 7) is 3.39. The number of anilines is 2. The van der Waals surface area contributed by atoms with Crippen LogP contribution < -0.4 is 10.6 Å². The molecule has 0 amide bonds. The molecule has 5 nitrogen and oxygen atoms in total. The number of piperidine rings is 1. The monoisotopic (exact) mass is 313 g/mol. The fourth-order valence-corrected chi connectivity index (χ4v) is 2.87. The number of hydrogen-bond donors (Lipinski definition) is 1. The molecule has 6 heteroatoms. The van der Waals surface area contributed by atoms with E-state index in [1.165, 1.54) is 32.3 Å². The predicted molar refractivity (Wildman–Crippen MR) is 77.6 cm³/mol. The van der Waals surface area contributed by atoms with Crippen LogP contribution in [0.3, 0.4) is 0 Å². The Balaban J connectivity index is 1.99. The van der Waals surface area contributed by atoms with Crippen LogP contribution in [0.5, 0.6) is 0 Å². The number of nitrogens with two attached hydrogens (primary N) is 1. The first-order chi connectivity index (χ1) is 8.58. The standard InChI is InChI=1S/C12H20BrN5/c1-17-5-3-9(4-6-17)7-18(2)12-10(13)11(14)15-8-16-12/h8-9H,3-7H2,1-2H3,(H2,14,15,16). The fourth-order valence-electron chi connectivity index (χ4n) is 2.36. The Morgan fingerprint density at radius 2 is 2.11 bits per heavy atom. The van der Waals surface area contributed by atoms with Gasteiger partial charge in [-0.25, -0.2) is 9.97 Å². The summed E-state index contributed by atoms with van der Waals surface area (Å²) >= 11 is 3.46. The number of aromatic nitrogens is 2. The lowest BCUT2D eigenvalue weighted by Crippen LogP contribution is -2.36. The van der Waals surface area contributed by atoms with E-state index >= 15 is 0 Å². The molecule has 2 rings (SSSR count). The van der Waals surface area contributed by atoms with E-state index in [1.807, 2.05) is 0 Å². The first-order valence-corrected chi connectivity index (χ1v) is 7.03. The molecule has 2 N–H and O–H groups in total. The van der Waals surface area contributed by atoms with Crippen LogP contribution in [0.4, 0.5) is 11.6 Å². The van der Waals surface area contributed by atoms with Gasteiger partial charge in [-0.1, -0.05) is 0 Å². The van der Waals surface area contributed by atoms with E-state index in [1.54, 1.807) is 0 Å². The second-order valence-electron chi connectivity index (χ2n) is 5.02. The third-order valence-electron chi connectivity index (χ3n) is 3.53. The second-order valence-corrected chi connectivity index (χ2v) is 5.82. The van der Waals surface area contributed by atoms with Gasteiger partial charge in [-0.3, -0.25) is 0 Å². The highest BCUT2D eigenvalue weighted by Crippen LogP contribution is 2.28.